The van der Waals surface area contributed by atoms with Crippen LogP contribution < -0.4 is 4.74 Å². The first-order valence-corrected chi connectivity index (χ1v) is 24.6. The van der Waals surface area contributed by atoms with Crippen LogP contribution >= 0.6 is 0 Å². The second-order valence-corrected chi connectivity index (χ2v) is 19.2. The summed E-state index contributed by atoms with van der Waals surface area (Å²) in [5.41, 5.74) is 17.8. The fourth-order valence-electron chi connectivity index (χ4n) is 12.6. The van der Waals surface area contributed by atoms with Crippen molar-refractivity contribution in [3.05, 3.63) is 264 Å². The van der Waals surface area contributed by atoms with Crippen molar-refractivity contribution in [2.24, 2.45) is 0 Å². The number of ether oxygens (including phenoxy) is 1. The van der Waals surface area contributed by atoms with E-state index in [1.807, 2.05) is 36.7 Å². The molecule has 0 fully saturated rings. The minimum absolute atomic E-state index is 0.612. The van der Waals surface area contributed by atoms with E-state index in [4.69, 9.17) is 21.3 Å². The first-order valence-electron chi connectivity index (χ1n) is 24.6. The molecule has 16 rings (SSSR count). The maximum atomic E-state index is 7.80. The first kappa shape index (κ1) is 39.8. The Bertz CT molecular complexity index is 4690. The molecule has 0 amide bonds. The van der Waals surface area contributed by atoms with Crippen LogP contribution in [0.3, 0.4) is 0 Å². The smallest absolute Gasteiger partial charge is 0.188 e. The zero-order valence-corrected chi connectivity index (χ0v) is 39.0. The van der Waals surface area contributed by atoms with Crippen molar-refractivity contribution in [2.45, 2.75) is 5.41 Å². The Morgan fingerprint density at radius 2 is 0.863 bits per heavy atom. The maximum absolute atomic E-state index is 7.80. The van der Waals surface area contributed by atoms with Gasteiger partial charge in [0.25, 0.3) is 0 Å². The summed E-state index contributed by atoms with van der Waals surface area (Å²) in [5.74, 6) is 1.60. The van der Waals surface area contributed by atoms with Crippen LogP contribution in [0, 0.1) is 6.57 Å². The third-order valence-electron chi connectivity index (χ3n) is 15.6. The molecule has 1 unspecified atom stereocenters. The summed E-state index contributed by atoms with van der Waals surface area (Å²) in [6.45, 7) is 7.80. The van der Waals surface area contributed by atoms with Crippen molar-refractivity contribution in [1.29, 1.82) is 0 Å². The van der Waals surface area contributed by atoms with E-state index in [0.717, 1.165) is 106 Å². The molecule has 0 saturated carbocycles. The van der Waals surface area contributed by atoms with Crippen LogP contribution in [-0.4, -0.2) is 23.7 Å². The van der Waals surface area contributed by atoms with E-state index < -0.39 is 5.41 Å². The normalized spacial score (nSPS) is 14.5. The highest BCUT2D eigenvalue weighted by Gasteiger charge is 2.52. The number of benzene rings is 9. The van der Waals surface area contributed by atoms with Crippen LogP contribution in [-0.2, 0) is 5.41 Å². The molecule has 0 bridgehead atoms. The molecule has 1 aliphatic carbocycles. The average Bonchev–Trinajstić information content (AvgIpc) is 4.17. The van der Waals surface area contributed by atoms with Gasteiger partial charge in [-0.15, -0.1) is 0 Å². The van der Waals surface area contributed by atoms with Gasteiger partial charge in [-0.1, -0.05) is 115 Å². The van der Waals surface area contributed by atoms with Gasteiger partial charge in [0.05, 0.1) is 68.4 Å². The lowest BCUT2D eigenvalue weighted by Gasteiger charge is -2.39. The number of rotatable bonds is 4. The molecular formula is C66H38N6O. The second kappa shape index (κ2) is 14.8. The molecule has 1 aliphatic heterocycles. The van der Waals surface area contributed by atoms with E-state index in [9.17, 15) is 0 Å². The molecule has 7 heteroatoms. The van der Waals surface area contributed by atoms with Gasteiger partial charge in [-0.25, -0.2) is 4.85 Å². The minimum atomic E-state index is -0.816. The monoisotopic (exact) mass is 930 g/mol. The van der Waals surface area contributed by atoms with Gasteiger partial charge in [0, 0.05) is 61.2 Å². The standard InChI is InChI=1S/C66H38N6O/c1-67-42-26-32-61-51(37-42)49-16-5-10-22-59(49)72(61)45-38-55-65(69-39-45)64-53(18-12-34-68-64)66(55)52-17-6-11-23-62(52)73-63-33-25-41(36-54(63)66)40-24-31-60-50(35-40)48-15-4-9-21-58(48)71(60)44-29-27-43(28-30-44)70-56-19-7-2-13-46(56)47-14-3-8-20-57(47)70/h2-39H. The third kappa shape index (κ3) is 5.36. The Morgan fingerprint density at radius 3 is 1.52 bits per heavy atom. The molecule has 0 saturated heterocycles. The molecule has 9 aromatic carbocycles. The van der Waals surface area contributed by atoms with Gasteiger partial charge < -0.3 is 18.4 Å². The number of hydrogen-bond donors (Lipinski definition) is 0. The molecule has 2 aliphatic rings. The molecule has 338 valence electrons. The predicted octanol–water partition coefficient (Wildman–Crippen LogP) is 16.5. The highest BCUT2D eigenvalue weighted by molar-refractivity contribution is 6.12. The maximum Gasteiger partial charge on any atom is 0.188 e. The number of aromatic nitrogens is 5. The molecule has 0 radical (unpaired) electrons. The Labute approximate surface area is 418 Å². The lowest BCUT2D eigenvalue weighted by molar-refractivity contribution is 0.436. The first-order chi connectivity index (χ1) is 36.2. The van der Waals surface area contributed by atoms with E-state index in [0.29, 0.717) is 5.69 Å². The van der Waals surface area contributed by atoms with Gasteiger partial charge in [-0.3, -0.25) is 9.97 Å². The van der Waals surface area contributed by atoms with Crippen molar-refractivity contribution >= 4 is 71.1 Å². The molecule has 1 atom stereocenters. The molecular weight excluding hydrogens is 893 g/mol. The Hall–Kier alpha value is -10.0. The molecule has 0 N–H and O–H groups in total. The number of para-hydroxylation sites is 5. The number of fused-ring (bicyclic) bond motifs is 18. The van der Waals surface area contributed by atoms with Crippen molar-refractivity contribution in [2.75, 3.05) is 0 Å². The van der Waals surface area contributed by atoms with Crippen LogP contribution in [0.15, 0.2) is 231 Å². The topological polar surface area (TPSA) is 54.2 Å². The zero-order valence-electron chi connectivity index (χ0n) is 39.0. The molecule has 73 heavy (non-hydrogen) atoms. The lowest BCUT2D eigenvalue weighted by atomic mass is 9.66. The van der Waals surface area contributed by atoms with Crippen molar-refractivity contribution in [3.8, 4) is 51.1 Å². The van der Waals surface area contributed by atoms with Crippen LogP contribution in [0.25, 0.3) is 110 Å². The van der Waals surface area contributed by atoms with E-state index in [1.165, 1.54) is 32.6 Å². The largest absolute Gasteiger partial charge is 0.457 e. The minimum Gasteiger partial charge on any atom is -0.457 e. The van der Waals surface area contributed by atoms with Gasteiger partial charge in [0.15, 0.2) is 5.69 Å². The Balaban J connectivity index is 0.871. The van der Waals surface area contributed by atoms with Crippen LogP contribution in [0.1, 0.15) is 22.3 Å². The van der Waals surface area contributed by atoms with E-state index in [1.54, 1.807) is 0 Å². The highest BCUT2D eigenvalue weighted by atomic mass is 16.5. The molecule has 14 aromatic rings. The SMILES string of the molecule is [C-]#[N+]c1ccc2c(c1)c1ccccc1n2-c1cnc2c(c1)C1(c3ccccc3Oc3ccc(-c4ccc5c(c4)c4ccccc4n5-c4ccc(-n5c6ccccc6c6ccccc65)cc4)cc31)c1cccnc1-2. The fraction of sp³-hybridized carbons (Fsp3) is 0.0152. The summed E-state index contributed by atoms with van der Waals surface area (Å²) in [5, 5.41) is 6.99. The summed E-state index contributed by atoms with van der Waals surface area (Å²) in [6.07, 6.45) is 3.84. The van der Waals surface area contributed by atoms with Gasteiger partial charge in [-0.2, -0.15) is 0 Å². The van der Waals surface area contributed by atoms with E-state index in [-0.39, 0.29) is 0 Å². The van der Waals surface area contributed by atoms with Gasteiger partial charge in [0.1, 0.15) is 11.5 Å². The van der Waals surface area contributed by atoms with Gasteiger partial charge >= 0.3 is 0 Å². The molecule has 1 spiro atoms. The summed E-state index contributed by atoms with van der Waals surface area (Å²) < 4.78 is 13.9. The fourth-order valence-corrected chi connectivity index (χ4v) is 12.6. The summed E-state index contributed by atoms with van der Waals surface area (Å²) in [4.78, 5) is 14.2. The number of pyridine rings is 2. The average molecular weight is 931 g/mol. The predicted molar refractivity (Wildman–Crippen MR) is 294 cm³/mol. The quantitative estimate of drug-likeness (QED) is 0.165. The lowest BCUT2D eigenvalue weighted by Crippen LogP contribution is -2.32. The summed E-state index contributed by atoms with van der Waals surface area (Å²) in [6, 6.07) is 78.0. The third-order valence-corrected chi connectivity index (χ3v) is 15.6. The van der Waals surface area contributed by atoms with Crippen LogP contribution in [0.4, 0.5) is 5.69 Å². The molecule has 6 heterocycles. The highest BCUT2D eigenvalue weighted by Crippen LogP contribution is 2.62. The Morgan fingerprint density at radius 1 is 0.370 bits per heavy atom. The van der Waals surface area contributed by atoms with Crippen molar-refractivity contribution in [3.63, 3.8) is 0 Å². The summed E-state index contributed by atoms with van der Waals surface area (Å²) in [7, 11) is 0. The Kier molecular flexibility index (Phi) is 8.04. The zero-order chi connectivity index (χ0) is 47.9. The van der Waals surface area contributed by atoms with E-state index >= 15 is 0 Å². The molecule has 5 aromatic heterocycles. The number of nitrogens with zero attached hydrogens (tertiary/aromatic N) is 6. The van der Waals surface area contributed by atoms with Crippen LogP contribution in [0.2, 0.25) is 0 Å². The number of hydrogen-bond acceptors (Lipinski definition) is 3. The van der Waals surface area contributed by atoms with Crippen molar-refractivity contribution in [1.82, 2.24) is 23.7 Å². The van der Waals surface area contributed by atoms with Gasteiger partial charge in [-0.05, 0) is 125 Å². The van der Waals surface area contributed by atoms with Gasteiger partial charge in [0.2, 0.25) is 0 Å². The summed E-state index contributed by atoms with van der Waals surface area (Å²) >= 11 is 0. The second-order valence-electron chi connectivity index (χ2n) is 19.2. The molecule has 7 nitrogen and oxygen atoms in total. The van der Waals surface area contributed by atoms with Crippen LogP contribution in [0.5, 0.6) is 11.5 Å². The van der Waals surface area contributed by atoms with Crippen molar-refractivity contribution < 1.29 is 4.74 Å². The van der Waals surface area contributed by atoms with E-state index in [2.05, 4.69) is 213 Å².